The normalized spacial score (nSPS) is 10.5. The summed E-state index contributed by atoms with van der Waals surface area (Å²) in [7, 11) is 0. The number of carbonyl (C=O) groups excluding carboxylic acids is 1. The van der Waals surface area contributed by atoms with Gasteiger partial charge in [0, 0.05) is 5.69 Å². The zero-order valence-corrected chi connectivity index (χ0v) is 14.4. The van der Waals surface area contributed by atoms with Crippen LogP contribution in [-0.2, 0) is 9.78 Å². The third-order valence-corrected chi connectivity index (χ3v) is 3.74. The lowest BCUT2D eigenvalue weighted by atomic mass is 10.1. The van der Waals surface area contributed by atoms with Gasteiger partial charge in [0.1, 0.15) is 0 Å². The summed E-state index contributed by atoms with van der Waals surface area (Å²) in [4.78, 5) is 21.0. The Labute approximate surface area is 140 Å². The molecule has 0 radical (unpaired) electrons. The zero-order chi connectivity index (χ0) is 16.6. The van der Waals surface area contributed by atoms with Gasteiger partial charge in [0.15, 0.2) is 0 Å². The van der Waals surface area contributed by atoms with E-state index >= 15 is 0 Å². The highest BCUT2D eigenvalue weighted by Gasteiger charge is 2.03. The standard InChI is InChI=1S/C19H31NO3/c1-2-3-4-5-6-7-8-9-10-14-17-22-23-19(21)20-18-15-12-11-13-16-18/h11-13,15-16H,2-10,14,17H2,1H3,(H,20,21). The highest BCUT2D eigenvalue weighted by molar-refractivity contribution is 5.83. The lowest BCUT2D eigenvalue weighted by Crippen LogP contribution is -2.14. The lowest BCUT2D eigenvalue weighted by Gasteiger charge is -2.05. The Morgan fingerprint density at radius 1 is 0.870 bits per heavy atom. The number of nitrogens with one attached hydrogen (secondary N) is 1. The van der Waals surface area contributed by atoms with Crippen molar-refractivity contribution in [2.24, 2.45) is 0 Å². The molecule has 1 rings (SSSR count). The molecular weight excluding hydrogens is 290 g/mol. The summed E-state index contributed by atoms with van der Waals surface area (Å²) < 4.78 is 0. The van der Waals surface area contributed by atoms with E-state index in [1.807, 2.05) is 18.2 Å². The Hall–Kier alpha value is -1.55. The molecular formula is C19H31NO3. The smallest absolute Gasteiger partial charge is 0.289 e. The van der Waals surface area contributed by atoms with Gasteiger partial charge in [-0.05, 0) is 18.6 Å². The molecule has 0 heterocycles. The molecule has 0 aliphatic carbocycles. The van der Waals surface area contributed by atoms with Gasteiger partial charge < -0.3 is 0 Å². The van der Waals surface area contributed by atoms with Gasteiger partial charge in [-0.2, -0.15) is 4.89 Å². The number of hydrogen-bond acceptors (Lipinski definition) is 3. The molecule has 23 heavy (non-hydrogen) atoms. The minimum Gasteiger partial charge on any atom is -0.289 e. The molecule has 0 atom stereocenters. The molecule has 1 aromatic rings. The Balaban J connectivity index is 1.83. The van der Waals surface area contributed by atoms with Gasteiger partial charge in [-0.25, -0.2) is 4.79 Å². The second-order valence-electron chi connectivity index (χ2n) is 5.87. The van der Waals surface area contributed by atoms with Crippen molar-refractivity contribution in [1.29, 1.82) is 0 Å². The van der Waals surface area contributed by atoms with Crippen molar-refractivity contribution in [1.82, 2.24) is 0 Å². The quantitative estimate of drug-likeness (QED) is 0.272. The van der Waals surface area contributed by atoms with Crippen LogP contribution in [0.1, 0.15) is 71.1 Å². The first-order valence-electron chi connectivity index (χ1n) is 8.98. The van der Waals surface area contributed by atoms with Crippen molar-refractivity contribution >= 4 is 11.8 Å². The number of hydrogen-bond donors (Lipinski definition) is 1. The van der Waals surface area contributed by atoms with Crippen molar-refractivity contribution in [2.75, 3.05) is 11.9 Å². The molecule has 0 aromatic heterocycles. The van der Waals surface area contributed by atoms with Gasteiger partial charge in [-0.1, -0.05) is 82.9 Å². The lowest BCUT2D eigenvalue weighted by molar-refractivity contribution is -0.235. The fourth-order valence-electron chi connectivity index (χ4n) is 2.40. The van der Waals surface area contributed by atoms with Gasteiger partial charge in [0.05, 0.1) is 6.61 Å². The van der Waals surface area contributed by atoms with Crippen LogP contribution < -0.4 is 5.32 Å². The van der Waals surface area contributed by atoms with E-state index in [-0.39, 0.29) is 0 Å². The van der Waals surface area contributed by atoms with Gasteiger partial charge >= 0.3 is 6.09 Å². The molecule has 0 aliphatic heterocycles. The van der Waals surface area contributed by atoms with Gasteiger partial charge in [0.2, 0.25) is 0 Å². The molecule has 0 unspecified atom stereocenters. The van der Waals surface area contributed by atoms with Crippen molar-refractivity contribution < 1.29 is 14.6 Å². The first kappa shape index (κ1) is 19.5. The minimum atomic E-state index is -0.580. The monoisotopic (exact) mass is 321 g/mol. The molecule has 1 aromatic carbocycles. The van der Waals surface area contributed by atoms with Crippen LogP contribution >= 0.6 is 0 Å². The van der Waals surface area contributed by atoms with E-state index < -0.39 is 6.09 Å². The van der Waals surface area contributed by atoms with Crippen LogP contribution in [0.2, 0.25) is 0 Å². The van der Waals surface area contributed by atoms with Crippen LogP contribution in [-0.4, -0.2) is 12.7 Å². The van der Waals surface area contributed by atoms with E-state index in [4.69, 9.17) is 4.89 Å². The van der Waals surface area contributed by atoms with Gasteiger partial charge in [0.25, 0.3) is 0 Å². The Kier molecular flexibility index (Phi) is 11.9. The maximum absolute atomic E-state index is 11.4. The number of para-hydroxylation sites is 1. The van der Waals surface area contributed by atoms with Crippen LogP contribution in [0.4, 0.5) is 10.5 Å². The van der Waals surface area contributed by atoms with E-state index in [1.165, 1.54) is 51.4 Å². The predicted octanol–water partition coefficient (Wildman–Crippen LogP) is 6.09. The number of anilines is 1. The molecule has 0 saturated heterocycles. The number of rotatable bonds is 13. The number of amides is 1. The number of unbranched alkanes of at least 4 members (excludes halogenated alkanes) is 9. The molecule has 130 valence electrons. The average molecular weight is 321 g/mol. The summed E-state index contributed by atoms with van der Waals surface area (Å²) in [5, 5.41) is 2.60. The van der Waals surface area contributed by atoms with E-state index in [9.17, 15) is 4.79 Å². The van der Waals surface area contributed by atoms with Gasteiger partial charge in [-0.3, -0.25) is 10.2 Å². The van der Waals surface area contributed by atoms with Crippen LogP contribution in [0, 0.1) is 0 Å². The second-order valence-corrected chi connectivity index (χ2v) is 5.87. The highest BCUT2D eigenvalue weighted by atomic mass is 17.2. The molecule has 0 spiro atoms. The minimum absolute atomic E-state index is 0.457. The zero-order valence-electron chi connectivity index (χ0n) is 14.4. The van der Waals surface area contributed by atoms with Crippen molar-refractivity contribution in [2.45, 2.75) is 71.1 Å². The molecule has 4 heteroatoms. The summed E-state index contributed by atoms with van der Waals surface area (Å²) in [6, 6.07) is 9.17. The number of carbonyl (C=O) groups is 1. The summed E-state index contributed by atoms with van der Waals surface area (Å²) in [5.74, 6) is 0. The molecule has 1 amide bonds. The average Bonchev–Trinajstić information content (AvgIpc) is 2.57. The van der Waals surface area contributed by atoms with Crippen molar-refractivity contribution in [3.8, 4) is 0 Å². The summed E-state index contributed by atoms with van der Waals surface area (Å²) >= 11 is 0. The summed E-state index contributed by atoms with van der Waals surface area (Å²) in [5.41, 5.74) is 0.694. The Morgan fingerprint density at radius 3 is 2.04 bits per heavy atom. The maximum atomic E-state index is 11.4. The first-order valence-corrected chi connectivity index (χ1v) is 8.98. The molecule has 4 nitrogen and oxygen atoms in total. The third-order valence-electron chi connectivity index (χ3n) is 3.74. The van der Waals surface area contributed by atoms with E-state index in [2.05, 4.69) is 17.1 Å². The SMILES string of the molecule is CCCCCCCCCCCCOOC(=O)Nc1ccccc1. The largest absolute Gasteiger partial charge is 0.443 e. The molecule has 0 bridgehead atoms. The van der Waals surface area contributed by atoms with E-state index in [0.29, 0.717) is 12.3 Å². The van der Waals surface area contributed by atoms with E-state index in [0.717, 1.165) is 12.8 Å². The second kappa shape index (κ2) is 14.1. The van der Waals surface area contributed by atoms with Crippen LogP contribution in [0.15, 0.2) is 30.3 Å². The first-order chi connectivity index (χ1) is 11.3. The topological polar surface area (TPSA) is 47.6 Å². The fraction of sp³-hybridized carbons (Fsp3) is 0.632. The summed E-state index contributed by atoms with van der Waals surface area (Å²) in [6.45, 7) is 2.70. The van der Waals surface area contributed by atoms with Crippen LogP contribution in [0.25, 0.3) is 0 Å². The number of benzene rings is 1. The van der Waals surface area contributed by atoms with Crippen molar-refractivity contribution in [3.63, 3.8) is 0 Å². The molecule has 1 N–H and O–H groups in total. The van der Waals surface area contributed by atoms with Gasteiger partial charge in [-0.15, -0.1) is 0 Å². The predicted molar refractivity (Wildman–Crippen MR) is 94.3 cm³/mol. The highest BCUT2D eigenvalue weighted by Crippen LogP contribution is 2.10. The third kappa shape index (κ3) is 11.6. The Morgan fingerprint density at radius 2 is 1.43 bits per heavy atom. The van der Waals surface area contributed by atoms with Crippen molar-refractivity contribution in [3.05, 3.63) is 30.3 Å². The fourth-order valence-corrected chi connectivity index (χ4v) is 2.40. The molecule has 0 fully saturated rings. The maximum Gasteiger partial charge on any atom is 0.443 e. The van der Waals surface area contributed by atoms with E-state index in [1.54, 1.807) is 12.1 Å². The summed E-state index contributed by atoms with van der Waals surface area (Å²) in [6.07, 6.45) is 12.1. The van der Waals surface area contributed by atoms with Crippen LogP contribution in [0.5, 0.6) is 0 Å². The van der Waals surface area contributed by atoms with Crippen LogP contribution in [0.3, 0.4) is 0 Å². The Bertz CT molecular complexity index is 395. The molecule has 0 aliphatic rings. The molecule has 0 saturated carbocycles.